The van der Waals surface area contributed by atoms with Gasteiger partial charge in [-0.05, 0) is 44.6 Å². The Morgan fingerprint density at radius 3 is 2.33 bits per heavy atom. The Bertz CT molecular complexity index is 659. The van der Waals surface area contributed by atoms with E-state index in [-0.39, 0.29) is 11.9 Å². The third-order valence-corrected chi connectivity index (χ3v) is 4.94. The van der Waals surface area contributed by atoms with Gasteiger partial charge in [-0.25, -0.2) is 0 Å². The molecule has 1 heterocycles. The van der Waals surface area contributed by atoms with Crippen molar-refractivity contribution >= 4 is 17.2 Å². The van der Waals surface area contributed by atoms with Crippen LogP contribution in [0, 0.1) is 6.92 Å². The van der Waals surface area contributed by atoms with Crippen molar-refractivity contribution < 1.29 is 14.3 Å². The molecule has 2 rings (SSSR count). The molecular weight excluding hydrogens is 324 g/mol. The van der Waals surface area contributed by atoms with Crippen molar-refractivity contribution in [2.45, 2.75) is 13.0 Å². The number of nitrogens with zero attached hydrogens (tertiary/aromatic N) is 1. The number of nitrogens with one attached hydrogen (secondary N) is 1. The van der Waals surface area contributed by atoms with Gasteiger partial charge in [-0.3, -0.25) is 4.79 Å². The molecular formula is C18H24N2O3S. The highest BCUT2D eigenvalue weighted by atomic mass is 32.1. The summed E-state index contributed by atoms with van der Waals surface area (Å²) >= 11 is 1.69. The summed E-state index contributed by atoms with van der Waals surface area (Å²) in [5, 5.41) is 5.05. The lowest BCUT2D eigenvalue weighted by atomic mass is 10.1. The van der Waals surface area contributed by atoms with Crippen LogP contribution in [0.2, 0.25) is 0 Å². The fourth-order valence-corrected chi connectivity index (χ4v) is 3.45. The van der Waals surface area contributed by atoms with E-state index in [1.807, 2.05) is 32.5 Å². The Balaban J connectivity index is 2.14. The van der Waals surface area contributed by atoms with E-state index in [9.17, 15) is 4.79 Å². The summed E-state index contributed by atoms with van der Waals surface area (Å²) in [7, 11) is 7.19. The number of rotatable bonds is 7. The van der Waals surface area contributed by atoms with E-state index < -0.39 is 0 Å². The zero-order valence-corrected chi connectivity index (χ0v) is 15.6. The first kappa shape index (κ1) is 18.3. The van der Waals surface area contributed by atoms with Gasteiger partial charge in [0.05, 0.1) is 20.3 Å². The summed E-state index contributed by atoms with van der Waals surface area (Å²) in [6, 6.07) is 7.72. The van der Waals surface area contributed by atoms with Gasteiger partial charge < -0.3 is 19.7 Å². The Hall–Kier alpha value is -2.05. The van der Waals surface area contributed by atoms with Crippen molar-refractivity contribution in [2.24, 2.45) is 0 Å². The van der Waals surface area contributed by atoms with Crippen molar-refractivity contribution in [1.82, 2.24) is 10.2 Å². The highest BCUT2D eigenvalue weighted by molar-refractivity contribution is 7.10. The number of ether oxygens (including phenoxy) is 2. The van der Waals surface area contributed by atoms with Gasteiger partial charge in [0, 0.05) is 22.5 Å². The smallest absolute Gasteiger partial charge is 0.251 e. The van der Waals surface area contributed by atoms with Gasteiger partial charge in [0.1, 0.15) is 11.5 Å². The predicted octanol–water partition coefficient (Wildman–Crippen LogP) is 3.11. The number of carbonyl (C=O) groups is 1. The summed E-state index contributed by atoms with van der Waals surface area (Å²) in [6.45, 7) is 2.43. The lowest BCUT2D eigenvalue weighted by Crippen LogP contribution is -2.34. The van der Waals surface area contributed by atoms with E-state index in [1.165, 1.54) is 4.88 Å². The standard InChI is InChI=1S/C18H24N2O3S/c1-12-15(22-4)9-13(10-16(12)23-5)18(21)19-11-14(20(2)3)17-7-6-8-24-17/h6-10,14H,11H2,1-5H3,(H,19,21). The Kier molecular flexibility index (Phi) is 6.23. The highest BCUT2D eigenvalue weighted by Gasteiger charge is 2.18. The van der Waals surface area contributed by atoms with Crippen LogP contribution in [0.5, 0.6) is 11.5 Å². The molecule has 0 bridgehead atoms. The molecule has 1 amide bonds. The van der Waals surface area contributed by atoms with Crippen LogP contribution in [0.3, 0.4) is 0 Å². The van der Waals surface area contributed by atoms with Crippen molar-refractivity contribution in [2.75, 3.05) is 34.9 Å². The van der Waals surface area contributed by atoms with Gasteiger partial charge >= 0.3 is 0 Å². The molecule has 1 atom stereocenters. The van der Waals surface area contributed by atoms with Gasteiger partial charge in [0.2, 0.25) is 0 Å². The number of hydrogen-bond acceptors (Lipinski definition) is 5. The SMILES string of the molecule is COc1cc(C(=O)NCC(c2cccs2)N(C)C)cc(OC)c1C. The minimum atomic E-state index is -0.144. The number of amides is 1. The number of benzene rings is 1. The van der Waals surface area contributed by atoms with Gasteiger partial charge in [0.15, 0.2) is 0 Å². The minimum absolute atomic E-state index is 0.142. The lowest BCUT2D eigenvalue weighted by Gasteiger charge is -2.23. The molecule has 130 valence electrons. The fourth-order valence-electron chi connectivity index (χ4n) is 2.53. The van der Waals surface area contributed by atoms with E-state index >= 15 is 0 Å². The molecule has 0 saturated carbocycles. The summed E-state index contributed by atoms with van der Waals surface area (Å²) in [5.74, 6) is 1.14. The first-order chi connectivity index (χ1) is 11.5. The molecule has 6 heteroatoms. The highest BCUT2D eigenvalue weighted by Crippen LogP contribution is 2.29. The molecule has 2 aromatic rings. The van der Waals surface area contributed by atoms with Gasteiger partial charge in [0.25, 0.3) is 5.91 Å². The predicted molar refractivity (Wildman–Crippen MR) is 97.4 cm³/mol. The third kappa shape index (κ3) is 4.07. The van der Waals surface area contributed by atoms with E-state index in [4.69, 9.17) is 9.47 Å². The van der Waals surface area contributed by atoms with E-state index in [0.717, 1.165) is 5.56 Å². The largest absolute Gasteiger partial charge is 0.496 e. The average Bonchev–Trinajstić information content (AvgIpc) is 3.08. The number of carbonyl (C=O) groups excluding carboxylic acids is 1. The van der Waals surface area contributed by atoms with Crippen LogP contribution in [-0.2, 0) is 0 Å². The second-order valence-corrected chi connectivity index (χ2v) is 6.69. The first-order valence-electron chi connectivity index (χ1n) is 7.68. The Labute approximate surface area is 147 Å². The van der Waals surface area contributed by atoms with Crippen molar-refractivity contribution in [1.29, 1.82) is 0 Å². The molecule has 1 N–H and O–H groups in total. The van der Waals surface area contributed by atoms with Gasteiger partial charge in [-0.15, -0.1) is 11.3 Å². The van der Waals surface area contributed by atoms with E-state index in [1.54, 1.807) is 37.7 Å². The molecule has 24 heavy (non-hydrogen) atoms. The maximum Gasteiger partial charge on any atom is 0.251 e. The average molecular weight is 348 g/mol. The monoisotopic (exact) mass is 348 g/mol. The van der Waals surface area contributed by atoms with Crippen molar-refractivity contribution in [3.05, 3.63) is 45.6 Å². The molecule has 1 aromatic heterocycles. The topological polar surface area (TPSA) is 50.8 Å². The van der Waals surface area contributed by atoms with Crippen LogP contribution >= 0.6 is 11.3 Å². The molecule has 0 spiro atoms. The molecule has 1 aromatic carbocycles. The van der Waals surface area contributed by atoms with Crippen LogP contribution in [-0.4, -0.2) is 45.7 Å². The molecule has 0 aliphatic heterocycles. The summed E-state index contributed by atoms with van der Waals surface area (Å²) in [5.41, 5.74) is 1.40. The van der Waals surface area contributed by atoms with E-state index in [2.05, 4.69) is 16.3 Å². The molecule has 0 radical (unpaired) electrons. The number of hydrogen-bond donors (Lipinski definition) is 1. The summed E-state index contributed by atoms with van der Waals surface area (Å²) in [6.07, 6.45) is 0. The fraction of sp³-hybridized carbons (Fsp3) is 0.389. The normalized spacial score (nSPS) is 12.1. The molecule has 0 aliphatic carbocycles. The minimum Gasteiger partial charge on any atom is -0.496 e. The number of thiophene rings is 1. The number of methoxy groups -OCH3 is 2. The molecule has 0 saturated heterocycles. The molecule has 0 fully saturated rings. The zero-order chi connectivity index (χ0) is 17.7. The molecule has 1 unspecified atom stereocenters. The maximum atomic E-state index is 12.6. The second-order valence-electron chi connectivity index (χ2n) is 5.71. The maximum absolute atomic E-state index is 12.6. The lowest BCUT2D eigenvalue weighted by molar-refractivity contribution is 0.0941. The molecule has 5 nitrogen and oxygen atoms in total. The van der Waals surface area contributed by atoms with Gasteiger partial charge in [-0.1, -0.05) is 6.07 Å². The summed E-state index contributed by atoms with van der Waals surface area (Å²) < 4.78 is 10.7. The van der Waals surface area contributed by atoms with Gasteiger partial charge in [-0.2, -0.15) is 0 Å². The molecule has 0 aliphatic rings. The van der Waals surface area contributed by atoms with Crippen LogP contribution in [0.25, 0.3) is 0 Å². The van der Waals surface area contributed by atoms with Crippen LogP contribution in [0.15, 0.2) is 29.6 Å². The van der Waals surface area contributed by atoms with Crippen LogP contribution < -0.4 is 14.8 Å². The van der Waals surface area contributed by atoms with Crippen molar-refractivity contribution in [3.8, 4) is 11.5 Å². The van der Waals surface area contributed by atoms with Crippen molar-refractivity contribution in [3.63, 3.8) is 0 Å². The zero-order valence-electron chi connectivity index (χ0n) is 14.8. The quantitative estimate of drug-likeness (QED) is 0.835. The first-order valence-corrected chi connectivity index (χ1v) is 8.56. The third-order valence-electron chi connectivity index (χ3n) is 3.97. The van der Waals surface area contributed by atoms with Crippen LogP contribution in [0.1, 0.15) is 26.8 Å². The number of likely N-dealkylation sites (N-methyl/N-ethyl adjacent to an activating group) is 1. The Morgan fingerprint density at radius 2 is 1.88 bits per heavy atom. The van der Waals surface area contributed by atoms with Crippen LogP contribution in [0.4, 0.5) is 0 Å². The second kappa shape index (κ2) is 8.17. The Morgan fingerprint density at radius 1 is 1.25 bits per heavy atom. The van der Waals surface area contributed by atoms with E-state index in [0.29, 0.717) is 23.6 Å². The summed E-state index contributed by atoms with van der Waals surface area (Å²) in [4.78, 5) is 15.9.